The lowest BCUT2D eigenvalue weighted by molar-refractivity contribution is -0.115. The number of carbonyl (C=O) groups excluding carboxylic acids is 1. The second kappa shape index (κ2) is 10.00. The van der Waals surface area contributed by atoms with Crippen molar-refractivity contribution in [3.63, 3.8) is 0 Å². The van der Waals surface area contributed by atoms with E-state index in [2.05, 4.69) is 22.3 Å². The van der Waals surface area contributed by atoms with Crippen molar-refractivity contribution in [1.29, 1.82) is 0 Å². The highest BCUT2D eigenvalue weighted by Gasteiger charge is 2.11. The molecule has 138 valence electrons. The second-order valence-corrected chi connectivity index (χ2v) is 8.58. The molecule has 0 spiro atoms. The molecule has 2 aromatic rings. The van der Waals surface area contributed by atoms with E-state index in [0.717, 1.165) is 30.2 Å². The monoisotopic (exact) mass is 390 g/mol. The molecule has 1 aliphatic rings. The molecular formula is C20H23FN2OS2. The molecule has 6 heteroatoms. The van der Waals surface area contributed by atoms with Crippen LogP contribution in [0.25, 0.3) is 0 Å². The normalized spacial score (nSPS) is 15.0. The third-order valence-electron chi connectivity index (χ3n) is 4.13. The summed E-state index contributed by atoms with van der Waals surface area (Å²) in [5.41, 5.74) is 2.08. The number of benzene rings is 2. The first kappa shape index (κ1) is 19.3. The van der Waals surface area contributed by atoms with Crippen molar-refractivity contribution < 1.29 is 9.18 Å². The van der Waals surface area contributed by atoms with Gasteiger partial charge in [0.15, 0.2) is 0 Å². The lowest BCUT2D eigenvalue weighted by atomic mass is 10.2. The number of anilines is 1. The van der Waals surface area contributed by atoms with Gasteiger partial charge in [-0.2, -0.15) is 11.8 Å². The van der Waals surface area contributed by atoms with Crippen molar-refractivity contribution in [2.45, 2.75) is 17.9 Å². The molecule has 2 aromatic carbocycles. The number of hydrogen-bond donors (Lipinski definition) is 1. The van der Waals surface area contributed by atoms with Gasteiger partial charge in [0.25, 0.3) is 0 Å². The molecule has 0 bridgehead atoms. The van der Waals surface area contributed by atoms with Crippen molar-refractivity contribution >= 4 is 35.1 Å². The fourth-order valence-corrected chi connectivity index (χ4v) is 4.61. The zero-order chi connectivity index (χ0) is 18.2. The van der Waals surface area contributed by atoms with Crippen molar-refractivity contribution in [3.8, 4) is 0 Å². The molecule has 0 unspecified atom stereocenters. The number of nitrogens with one attached hydrogen (secondary N) is 1. The quantitative estimate of drug-likeness (QED) is 0.706. The summed E-state index contributed by atoms with van der Waals surface area (Å²) in [5, 5.41) is 2.98. The van der Waals surface area contributed by atoms with Gasteiger partial charge in [-0.05, 0) is 42.0 Å². The van der Waals surface area contributed by atoms with Crippen LogP contribution >= 0.6 is 23.5 Å². The van der Waals surface area contributed by atoms with Crippen LogP contribution in [-0.4, -0.2) is 41.2 Å². The van der Waals surface area contributed by atoms with Crippen molar-refractivity contribution in [3.05, 3.63) is 59.9 Å². The van der Waals surface area contributed by atoms with Crippen LogP contribution in [-0.2, 0) is 11.3 Å². The van der Waals surface area contributed by atoms with Gasteiger partial charge in [-0.1, -0.05) is 12.1 Å². The average Bonchev–Trinajstić information content (AvgIpc) is 2.64. The predicted molar refractivity (Wildman–Crippen MR) is 109 cm³/mol. The number of thioether (sulfide) groups is 2. The van der Waals surface area contributed by atoms with Gasteiger partial charge < -0.3 is 5.32 Å². The number of nitrogens with zero attached hydrogens (tertiary/aromatic N) is 1. The third kappa shape index (κ3) is 6.34. The van der Waals surface area contributed by atoms with Crippen LogP contribution in [0.3, 0.4) is 0 Å². The first-order valence-corrected chi connectivity index (χ1v) is 10.9. The largest absolute Gasteiger partial charge is 0.326 e. The Balaban J connectivity index is 1.44. The second-order valence-electron chi connectivity index (χ2n) is 6.19. The van der Waals surface area contributed by atoms with E-state index < -0.39 is 0 Å². The van der Waals surface area contributed by atoms with Crippen LogP contribution in [0.15, 0.2) is 53.4 Å². The minimum atomic E-state index is -0.240. The van der Waals surface area contributed by atoms with Gasteiger partial charge in [0.05, 0.1) is 0 Å². The van der Waals surface area contributed by atoms with E-state index in [1.807, 2.05) is 23.9 Å². The Bertz CT molecular complexity index is 718. The van der Waals surface area contributed by atoms with Crippen LogP contribution in [0.5, 0.6) is 0 Å². The molecule has 1 aliphatic heterocycles. The fourth-order valence-electron chi connectivity index (χ4n) is 2.78. The molecule has 1 fully saturated rings. The van der Waals surface area contributed by atoms with Gasteiger partial charge in [-0.25, -0.2) is 4.39 Å². The molecule has 0 atom stereocenters. The maximum Gasteiger partial charge on any atom is 0.225 e. The van der Waals surface area contributed by atoms with Crippen LogP contribution in [0.4, 0.5) is 10.1 Å². The summed E-state index contributed by atoms with van der Waals surface area (Å²) in [6.45, 7) is 3.19. The highest BCUT2D eigenvalue weighted by Crippen LogP contribution is 2.20. The Morgan fingerprint density at radius 2 is 1.92 bits per heavy atom. The lowest BCUT2D eigenvalue weighted by Gasteiger charge is -2.26. The molecule has 1 N–H and O–H groups in total. The van der Waals surface area contributed by atoms with Gasteiger partial charge in [0.2, 0.25) is 5.91 Å². The summed E-state index contributed by atoms with van der Waals surface area (Å²) >= 11 is 3.57. The van der Waals surface area contributed by atoms with E-state index in [4.69, 9.17) is 0 Å². The van der Waals surface area contributed by atoms with E-state index >= 15 is 0 Å². The van der Waals surface area contributed by atoms with Crippen molar-refractivity contribution in [1.82, 2.24) is 4.90 Å². The highest BCUT2D eigenvalue weighted by atomic mass is 32.2. The first-order valence-electron chi connectivity index (χ1n) is 8.76. The van der Waals surface area contributed by atoms with E-state index in [9.17, 15) is 9.18 Å². The number of rotatable bonds is 7. The molecule has 26 heavy (non-hydrogen) atoms. The molecule has 1 amide bonds. The van der Waals surface area contributed by atoms with E-state index in [1.165, 1.54) is 29.2 Å². The smallest absolute Gasteiger partial charge is 0.225 e. The van der Waals surface area contributed by atoms with Gasteiger partial charge in [0.1, 0.15) is 5.82 Å². The lowest BCUT2D eigenvalue weighted by Crippen LogP contribution is -2.31. The molecule has 0 radical (unpaired) electrons. The molecule has 0 aromatic heterocycles. The topological polar surface area (TPSA) is 32.3 Å². The molecule has 3 rings (SSSR count). The average molecular weight is 391 g/mol. The molecule has 0 aliphatic carbocycles. The summed E-state index contributed by atoms with van der Waals surface area (Å²) in [7, 11) is 0. The van der Waals surface area contributed by atoms with Gasteiger partial charge in [-0.3, -0.25) is 9.69 Å². The maximum absolute atomic E-state index is 12.9. The maximum atomic E-state index is 12.9. The predicted octanol–water partition coefficient (Wildman–Crippen LogP) is 4.50. The zero-order valence-electron chi connectivity index (χ0n) is 14.6. The van der Waals surface area contributed by atoms with Crippen molar-refractivity contribution in [2.24, 2.45) is 0 Å². The van der Waals surface area contributed by atoms with Crippen LogP contribution < -0.4 is 5.32 Å². The Morgan fingerprint density at radius 3 is 2.69 bits per heavy atom. The SMILES string of the molecule is O=C(CCSc1ccc(F)cc1)Nc1cccc(CN2CCSCC2)c1. The fraction of sp³-hybridized carbons (Fsp3) is 0.350. The summed E-state index contributed by atoms with van der Waals surface area (Å²) in [4.78, 5) is 15.6. The third-order valence-corrected chi connectivity index (χ3v) is 6.09. The number of hydrogen-bond acceptors (Lipinski definition) is 4. The number of amides is 1. The molecule has 3 nitrogen and oxygen atoms in total. The van der Waals surface area contributed by atoms with E-state index in [0.29, 0.717) is 12.2 Å². The molecule has 0 saturated carbocycles. The van der Waals surface area contributed by atoms with Gasteiger partial charge in [-0.15, -0.1) is 11.8 Å². The summed E-state index contributed by atoms with van der Waals surface area (Å²) in [6.07, 6.45) is 0.426. The van der Waals surface area contributed by atoms with Crippen LogP contribution in [0.2, 0.25) is 0 Å². The van der Waals surface area contributed by atoms with Crippen LogP contribution in [0, 0.1) is 5.82 Å². The number of halogens is 1. The Labute approximate surface area is 162 Å². The van der Waals surface area contributed by atoms with E-state index in [1.54, 1.807) is 23.9 Å². The summed E-state index contributed by atoms with van der Waals surface area (Å²) < 4.78 is 12.9. The van der Waals surface area contributed by atoms with Gasteiger partial charge in [0, 0.05) is 53.9 Å². The minimum Gasteiger partial charge on any atom is -0.326 e. The minimum absolute atomic E-state index is 0.00568. The first-order chi connectivity index (χ1) is 12.7. The molecule has 1 heterocycles. The van der Waals surface area contributed by atoms with Crippen molar-refractivity contribution in [2.75, 3.05) is 35.7 Å². The summed E-state index contributed by atoms with van der Waals surface area (Å²) in [6, 6.07) is 14.5. The van der Waals surface area contributed by atoms with E-state index in [-0.39, 0.29) is 11.7 Å². The number of carbonyl (C=O) groups is 1. The van der Waals surface area contributed by atoms with Gasteiger partial charge >= 0.3 is 0 Å². The Kier molecular flexibility index (Phi) is 7.41. The molecular weight excluding hydrogens is 367 g/mol. The Morgan fingerprint density at radius 1 is 1.15 bits per heavy atom. The molecule has 1 saturated heterocycles. The van der Waals surface area contributed by atoms with Crippen LogP contribution in [0.1, 0.15) is 12.0 Å². The Hall–Kier alpha value is -1.50. The standard InChI is InChI=1S/C20H23FN2OS2/c21-17-4-6-19(7-5-17)26-11-8-20(24)22-18-3-1-2-16(14-18)15-23-9-12-25-13-10-23/h1-7,14H,8-13,15H2,(H,22,24). The zero-order valence-corrected chi connectivity index (χ0v) is 16.3. The highest BCUT2D eigenvalue weighted by molar-refractivity contribution is 7.99. The summed E-state index contributed by atoms with van der Waals surface area (Å²) in [5.74, 6) is 2.83.